The summed E-state index contributed by atoms with van der Waals surface area (Å²) in [6, 6.07) is 7.31. The molecule has 0 saturated carbocycles. The lowest BCUT2D eigenvalue weighted by Gasteiger charge is -2.42. The molecule has 2 saturated heterocycles. The first-order valence-corrected chi connectivity index (χ1v) is 13.4. The molecule has 3 heterocycles. The fourth-order valence-electron chi connectivity index (χ4n) is 6.63. The summed E-state index contributed by atoms with van der Waals surface area (Å²) >= 11 is 0. The molecule has 2 fully saturated rings. The zero-order valence-corrected chi connectivity index (χ0v) is 21.6. The monoisotopic (exact) mass is 482 g/mol. The molecule has 0 atom stereocenters. The normalized spacial score (nSPS) is 23.9. The van der Waals surface area contributed by atoms with E-state index in [1.165, 1.54) is 11.3 Å². The third-order valence-corrected chi connectivity index (χ3v) is 8.73. The van der Waals surface area contributed by atoms with Crippen LogP contribution in [0.25, 0.3) is 0 Å². The van der Waals surface area contributed by atoms with Crippen molar-refractivity contribution in [2.75, 3.05) is 44.3 Å². The summed E-state index contributed by atoms with van der Waals surface area (Å²) in [6.45, 7) is 12.4. The molecule has 1 aromatic rings. The van der Waals surface area contributed by atoms with E-state index in [1.807, 2.05) is 12.2 Å². The SMILES string of the molecule is CCc1cc2c(cc1N1CCC(N3CCOCC3)CC1)C(C)(C)C1=NC3=CC(C#N)=CCC3=C1C2=O. The van der Waals surface area contributed by atoms with Crippen molar-refractivity contribution in [3.8, 4) is 6.07 Å². The number of hydrogen-bond acceptors (Lipinski definition) is 6. The van der Waals surface area contributed by atoms with Crippen molar-refractivity contribution < 1.29 is 9.53 Å². The molecule has 0 amide bonds. The lowest BCUT2D eigenvalue weighted by Crippen LogP contribution is -2.49. The summed E-state index contributed by atoms with van der Waals surface area (Å²) < 4.78 is 5.55. The Hall–Kier alpha value is -3.01. The zero-order chi connectivity index (χ0) is 25.0. The predicted molar refractivity (Wildman–Crippen MR) is 142 cm³/mol. The van der Waals surface area contributed by atoms with E-state index < -0.39 is 0 Å². The molecule has 0 unspecified atom stereocenters. The van der Waals surface area contributed by atoms with Gasteiger partial charge in [-0.2, -0.15) is 5.26 Å². The number of carbonyl (C=O) groups is 1. The van der Waals surface area contributed by atoms with Crippen LogP contribution in [0.3, 0.4) is 0 Å². The van der Waals surface area contributed by atoms with Gasteiger partial charge in [0.1, 0.15) is 0 Å². The number of hydrogen-bond donors (Lipinski definition) is 0. The Morgan fingerprint density at radius 3 is 2.61 bits per heavy atom. The summed E-state index contributed by atoms with van der Waals surface area (Å²) in [5, 5.41) is 9.36. The van der Waals surface area contributed by atoms with Crippen LogP contribution >= 0.6 is 0 Å². The second kappa shape index (κ2) is 8.83. The number of nitriles is 1. The molecule has 0 N–H and O–H groups in total. The second-order valence-electron chi connectivity index (χ2n) is 11.0. The Labute approximate surface area is 213 Å². The van der Waals surface area contributed by atoms with Crippen molar-refractivity contribution in [1.29, 1.82) is 5.26 Å². The van der Waals surface area contributed by atoms with Gasteiger partial charge >= 0.3 is 0 Å². The number of ether oxygens (including phenoxy) is 1. The number of anilines is 1. The quantitative estimate of drug-likeness (QED) is 0.634. The molecule has 1 aromatic carbocycles. The van der Waals surface area contributed by atoms with Crippen LogP contribution in [0.5, 0.6) is 0 Å². The Morgan fingerprint density at radius 1 is 1.17 bits per heavy atom. The van der Waals surface area contributed by atoms with Crippen molar-refractivity contribution >= 4 is 17.2 Å². The van der Waals surface area contributed by atoms with Gasteiger partial charge in [-0.25, -0.2) is 0 Å². The minimum Gasteiger partial charge on any atom is -0.379 e. The van der Waals surface area contributed by atoms with E-state index in [0.717, 1.165) is 92.3 Å². The van der Waals surface area contributed by atoms with Crippen LogP contribution in [-0.4, -0.2) is 61.8 Å². The lowest BCUT2D eigenvalue weighted by molar-refractivity contribution is 0.0115. The van der Waals surface area contributed by atoms with Gasteiger partial charge in [0.15, 0.2) is 5.78 Å². The van der Waals surface area contributed by atoms with Gasteiger partial charge in [-0.3, -0.25) is 14.7 Å². The number of nitrogens with zero attached hydrogens (tertiary/aromatic N) is 4. The van der Waals surface area contributed by atoms with E-state index in [1.54, 1.807) is 0 Å². The van der Waals surface area contributed by atoms with Crippen LogP contribution in [0.4, 0.5) is 5.69 Å². The van der Waals surface area contributed by atoms with Gasteiger partial charge in [0.2, 0.25) is 0 Å². The van der Waals surface area contributed by atoms with Gasteiger partial charge < -0.3 is 9.64 Å². The van der Waals surface area contributed by atoms with E-state index in [-0.39, 0.29) is 11.2 Å². The van der Waals surface area contributed by atoms with E-state index in [9.17, 15) is 10.1 Å². The predicted octanol–water partition coefficient (Wildman–Crippen LogP) is 4.51. The summed E-state index contributed by atoms with van der Waals surface area (Å²) in [6.07, 6.45) is 7.53. The Morgan fingerprint density at radius 2 is 1.92 bits per heavy atom. The number of Topliss-reactive ketones (excluding diaryl/α,β-unsaturated/α-hetero) is 1. The first-order chi connectivity index (χ1) is 17.4. The van der Waals surface area contributed by atoms with Crippen LogP contribution in [-0.2, 0) is 16.6 Å². The number of benzene rings is 1. The zero-order valence-electron chi connectivity index (χ0n) is 21.6. The minimum absolute atomic E-state index is 0.0857. The highest BCUT2D eigenvalue weighted by Gasteiger charge is 2.46. The molecule has 0 bridgehead atoms. The van der Waals surface area contributed by atoms with Crippen LogP contribution in [0.1, 0.15) is 61.5 Å². The molecule has 6 rings (SSSR count). The summed E-state index contributed by atoms with van der Waals surface area (Å²) in [4.78, 5) is 24.0. The number of carbonyl (C=O) groups excluding carboxylic acids is 1. The van der Waals surface area contributed by atoms with Crippen molar-refractivity contribution in [2.24, 2.45) is 4.99 Å². The summed E-state index contributed by atoms with van der Waals surface area (Å²) in [5.74, 6) is 0.0857. The summed E-state index contributed by atoms with van der Waals surface area (Å²) in [7, 11) is 0. The smallest absolute Gasteiger partial charge is 0.195 e. The molecule has 6 nitrogen and oxygen atoms in total. The highest BCUT2D eigenvalue weighted by Crippen LogP contribution is 2.47. The van der Waals surface area contributed by atoms with Gasteiger partial charge in [0, 0.05) is 48.9 Å². The third kappa shape index (κ3) is 3.60. The largest absolute Gasteiger partial charge is 0.379 e. The number of morpholine rings is 1. The molecule has 0 aromatic heterocycles. The van der Waals surface area contributed by atoms with Crippen LogP contribution in [0, 0.1) is 11.3 Å². The maximum atomic E-state index is 13.9. The molecule has 3 aliphatic heterocycles. The second-order valence-corrected chi connectivity index (χ2v) is 11.0. The number of rotatable bonds is 3. The number of aryl methyl sites for hydroxylation is 1. The van der Waals surface area contributed by atoms with Gasteiger partial charge in [0.25, 0.3) is 0 Å². The average Bonchev–Trinajstić information content (AvgIpc) is 3.32. The first-order valence-electron chi connectivity index (χ1n) is 13.4. The number of ketones is 1. The molecular formula is C30H34N4O2. The van der Waals surface area contributed by atoms with Crippen molar-refractivity contribution in [3.05, 3.63) is 63.4 Å². The van der Waals surface area contributed by atoms with Crippen molar-refractivity contribution in [3.63, 3.8) is 0 Å². The number of aliphatic imine (C=N–C) groups is 1. The molecule has 6 heteroatoms. The maximum absolute atomic E-state index is 13.9. The van der Waals surface area contributed by atoms with Crippen LogP contribution in [0.2, 0.25) is 0 Å². The Bertz CT molecular complexity index is 1290. The Kier molecular flexibility index (Phi) is 5.74. The fourth-order valence-corrected chi connectivity index (χ4v) is 6.63. The van der Waals surface area contributed by atoms with Crippen LogP contribution in [0.15, 0.2) is 51.7 Å². The highest BCUT2D eigenvalue weighted by atomic mass is 16.5. The molecule has 36 heavy (non-hydrogen) atoms. The maximum Gasteiger partial charge on any atom is 0.195 e. The lowest BCUT2D eigenvalue weighted by atomic mass is 9.67. The molecule has 5 aliphatic rings. The van der Waals surface area contributed by atoms with Gasteiger partial charge in [0.05, 0.1) is 41.8 Å². The molecule has 0 spiro atoms. The van der Waals surface area contributed by atoms with E-state index in [0.29, 0.717) is 18.0 Å². The molecule has 186 valence electrons. The average molecular weight is 483 g/mol. The van der Waals surface area contributed by atoms with Gasteiger partial charge in [-0.05, 0) is 60.6 Å². The summed E-state index contributed by atoms with van der Waals surface area (Å²) in [5.41, 5.74) is 8.03. The topological polar surface area (TPSA) is 68.9 Å². The van der Waals surface area contributed by atoms with Gasteiger partial charge in [-0.15, -0.1) is 0 Å². The number of fused-ring (bicyclic) bond motifs is 3. The standard InChI is InChI=1S/C30H34N4O2/c1-4-20-16-23-24(17-26(20)34-9-7-21(8-10-34)33-11-13-36-14-12-33)30(2,3)29-27(28(23)35)22-6-5-19(18-31)15-25(22)32-29/h5,15-17,21H,4,6-14H2,1-3H3. The van der Waals surface area contributed by atoms with Crippen molar-refractivity contribution in [2.45, 2.75) is 57.9 Å². The molecular weight excluding hydrogens is 448 g/mol. The fraction of sp³-hybridized carbons (Fsp3) is 0.500. The number of piperidine rings is 1. The minimum atomic E-state index is -0.385. The first kappa shape index (κ1) is 23.4. The molecule has 2 aliphatic carbocycles. The van der Waals surface area contributed by atoms with Crippen molar-refractivity contribution in [1.82, 2.24) is 4.90 Å². The van der Waals surface area contributed by atoms with E-state index in [4.69, 9.17) is 9.73 Å². The third-order valence-electron chi connectivity index (χ3n) is 8.73. The van der Waals surface area contributed by atoms with Gasteiger partial charge in [-0.1, -0.05) is 26.8 Å². The Balaban J connectivity index is 1.35. The number of allylic oxidation sites excluding steroid dienone is 5. The van der Waals surface area contributed by atoms with E-state index >= 15 is 0 Å². The van der Waals surface area contributed by atoms with E-state index in [2.05, 4.69) is 48.8 Å². The highest BCUT2D eigenvalue weighted by molar-refractivity contribution is 6.36. The molecule has 0 radical (unpaired) electrons. The van der Waals surface area contributed by atoms with Crippen LogP contribution < -0.4 is 4.90 Å².